The van der Waals surface area contributed by atoms with E-state index in [1.54, 1.807) is 5.57 Å². The number of carboxylic acids is 1. The van der Waals surface area contributed by atoms with Crippen LogP contribution in [-0.2, 0) is 14.3 Å². The number of carboxylic acid groups (broad SMARTS) is 1. The molecule has 4 nitrogen and oxygen atoms in total. The standard InChI is InChI=1S/C34H54O4/c1-20-11-14-34(29(35)36)16-15-31(6)24(28(34)22(20)3)9-10-26-32(31,7)13-12-25-30(4,5)27(38-19-23-18-37-23)17-21(2)33(25,26)8/h9,20-23,25-28H,10-19H2,1-8H3,(H,35,36)/t20-,21?,22+,23?,25+,26+,27+,28+,31-,32-,33+,34+/m1/s1. The van der Waals surface area contributed by atoms with Crippen LogP contribution in [0.25, 0.3) is 0 Å². The number of rotatable bonds is 4. The second kappa shape index (κ2) is 8.57. The van der Waals surface area contributed by atoms with Crippen LogP contribution in [0.4, 0.5) is 0 Å². The van der Waals surface area contributed by atoms with Crippen molar-refractivity contribution in [3.63, 3.8) is 0 Å². The molecule has 0 aromatic carbocycles. The molecule has 0 aromatic rings. The summed E-state index contributed by atoms with van der Waals surface area (Å²) in [4.78, 5) is 12.9. The van der Waals surface area contributed by atoms with Crippen LogP contribution in [0.2, 0.25) is 0 Å². The number of fused-ring (bicyclic) bond motifs is 7. The summed E-state index contributed by atoms with van der Waals surface area (Å²) in [6.07, 6.45) is 11.8. The Kier molecular flexibility index (Phi) is 6.16. The van der Waals surface area contributed by atoms with E-state index < -0.39 is 11.4 Å². The summed E-state index contributed by atoms with van der Waals surface area (Å²) in [5, 5.41) is 10.6. The average molecular weight is 527 g/mol. The van der Waals surface area contributed by atoms with Crippen LogP contribution in [-0.4, -0.2) is 36.5 Å². The first-order chi connectivity index (χ1) is 17.7. The van der Waals surface area contributed by atoms with Crippen LogP contribution < -0.4 is 0 Å². The molecule has 6 rings (SSSR count). The van der Waals surface area contributed by atoms with Crippen molar-refractivity contribution in [2.75, 3.05) is 13.2 Å². The Morgan fingerprint density at radius 1 is 1.03 bits per heavy atom. The van der Waals surface area contributed by atoms with Gasteiger partial charge in [0.25, 0.3) is 0 Å². The van der Waals surface area contributed by atoms with Gasteiger partial charge in [-0.3, -0.25) is 4.79 Å². The maximum absolute atomic E-state index is 12.9. The third-order valence-corrected chi connectivity index (χ3v) is 14.8. The molecule has 0 radical (unpaired) electrons. The van der Waals surface area contributed by atoms with Gasteiger partial charge in [-0.05, 0) is 109 Å². The average Bonchev–Trinajstić information content (AvgIpc) is 3.68. The molecule has 1 aliphatic heterocycles. The lowest BCUT2D eigenvalue weighted by atomic mass is 9.32. The van der Waals surface area contributed by atoms with E-state index in [9.17, 15) is 9.90 Å². The van der Waals surface area contributed by atoms with Crippen LogP contribution >= 0.6 is 0 Å². The van der Waals surface area contributed by atoms with Gasteiger partial charge in [0.2, 0.25) is 0 Å². The van der Waals surface area contributed by atoms with Gasteiger partial charge in [-0.25, -0.2) is 0 Å². The summed E-state index contributed by atoms with van der Waals surface area (Å²) in [5.74, 6) is 2.54. The predicted octanol–water partition coefficient (Wildman–Crippen LogP) is 7.76. The number of hydrogen-bond acceptors (Lipinski definition) is 3. The minimum atomic E-state index is -0.558. The quantitative estimate of drug-likeness (QED) is 0.300. The van der Waals surface area contributed by atoms with E-state index in [4.69, 9.17) is 9.47 Å². The van der Waals surface area contributed by atoms with Crippen molar-refractivity contribution in [3.8, 4) is 0 Å². The van der Waals surface area contributed by atoms with Gasteiger partial charge in [0.15, 0.2) is 0 Å². The summed E-state index contributed by atoms with van der Waals surface area (Å²) >= 11 is 0. The lowest BCUT2D eigenvalue weighted by Crippen LogP contribution is -2.67. The van der Waals surface area contributed by atoms with E-state index in [-0.39, 0.29) is 27.6 Å². The van der Waals surface area contributed by atoms with Crippen molar-refractivity contribution in [1.29, 1.82) is 0 Å². The molecule has 12 atom stereocenters. The van der Waals surface area contributed by atoms with Gasteiger partial charge in [-0.1, -0.05) is 67.0 Å². The zero-order valence-corrected chi connectivity index (χ0v) is 25.4. The molecular formula is C34H54O4. The van der Waals surface area contributed by atoms with Crippen LogP contribution in [0.15, 0.2) is 11.6 Å². The molecule has 5 aliphatic carbocycles. The molecule has 0 bridgehead atoms. The van der Waals surface area contributed by atoms with Crippen molar-refractivity contribution in [2.24, 2.45) is 62.6 Å². The van der Waals surface area contributed by atoms with Gasteiger partial charge < -0.3 is 14.6 Å². The van der Waals surface area contributed by atoms with Crippen molar-refractivity contribution in [1.82, 2.24) is 0 Å². The molecular weight excluding hydrogens is 472 g/mol. The van der Waals surface area contributed by atoms with Gasteiger partial charge in [0.05, 0.1) is 24.7 Å². The largest absolute Gasteiger partial charge is 0.481 e. The second-order valence-electron chi connectivity index (χ2n) is 16.2. The van der Waals surface area contributed by atoms with E-state index in [1.165, 1.54) is 12.8 Å². The maximum atomic E-state index is 12.9. The Morgan fingerprint density at radius 2 is 1.74 bits per heavy atom. The normalized spacial score (nSPS) is 55.0. The summed E-state index contributed by atoms with van der Waals surface area (Å²) in [5.41, 5.74) is 1.66. The first kappa shape index (κ1) is 27.3. The number of aliphatic carboxylic acids is 1. The molecule has 5 fully saturated rings. The molecule has 0 amide bonds. The minimum absolute atomic E-state index is 0.0827. The summed E-state index contributed by atoms with van der Waals surface area (Å²) in [7, 11) is 0. The lowest BCUT2D eigenvalue weighted by Gasteiger charge is -2.72. The molecule has 1 N–H and O–H groups in total. The third-order valence-electron chi connectivity index (χ3n) is 14.8. The first-order valence-corrected chi connectivity index (χ1v) is 15.9. The highest BCUT2D eigenvalue weighted by atomic mass is 16.6. The van der Waals surface area contributed by atoms with Gasteiger partial charge in [-0.2, -0.15) is 0 Å². The maximum Gasteiger partial charge on any atom is 0.310 e. The highest BCUT2D eigenvalue weighted by Gasteiger charge is 2.70. The van der Waals surface area contributed by atoms with Gasteiger partial charge in [0, 0.05) is 0 Å². The van der Waals surface area contributed by atoms with Crippen molar-refractivity contribution in [2.45, 2.75) is 119 Å². The van der Waals surface area contributed by atoms with E-state index in [1.807, 2.05) is 0 Å². The summed E-state index contributed by atoms with van der Waals surface area (Å²) in [6, 6.07) is 0. The Balaban J connectivity index is 1.39. The highest BCUT2D eigenvalue weighted by Crippen LogP contribution is 2.76. The molecule has 6 aliphatic rings. The fraction of sp³-hybridized carbons (Fsp3) is 0.912. The number of allylic oxidation sites excluding steroid dienone is 2. The molecule has 38 heavy (non-hydrogen) atoms. The molecule has 0 spiro atoms. The van der Waals surface area contributed by atoms with Gasteiger partial charge in [-0.15, -0.1) is 0 Å². The fourth-order valence-corrected chi connectivity index (χ4v) is 11.8. The monoisotopic (exact) mass is 526 g/mol. The zero-order chi connectivity index (χ0) is 27.5. The smallest absolute Gasteiger partial charge is 0.310 e. The molecule has 4 saturated carbocycles. The SMILES string of the molecule is CC1C[C@H](OCC2CO2)C(C)(C)[C@@H]2CC[C@]3(C)[C@H](CC=C4[C@@H]5[C@@H](C)[C@H](C)CC[C@]5(C(=O)O)CC[C@]43C)[C@@]12C. The molecule has 214 valence electrons. The Bertz CT molecular complexity index is 1010. The van der Waals surface area contributed by atoms with Gasteiger partial charge >= 0.3 is 5.97 Å². The molecule has 2 unspecified atom stereocenters. The molecule has 0 aromatic heterocycles. The van der Waals surface area contributed by atoms with Crippen LogP contribution in [0.1, 0.15) is 107 Å². The fourth-order valence-electron chi connectivity index (χ4n) is 11.8. The Labute approximate surface area is 231 Å². The number of hydrogen-bond donors (Lipinski definition) is 1. The topological polar surface area (TPSA) is 59.1 Å². The van der Waals surface area contributed by atoms with E-state index in [0.717, 1.165) is 51.7 Å². The predicted molar refractivity (Wildman–Crippen MR) is 151 cm³/mol. The molecule has 1 heterocycles. The van der Waals surface area contributed by atoms with Crippen LogP contribution in [0, 0.1) is 62.6 Å². The van der Waals surface area contributed by atoms with Crippen molar-refractivity contribution >= 4 is 5.97 Å². The molecule has 1 saturated heterocycles. The zero-order valence-electron chi connectivity index (χ0n) is 25.4. The van der Waals surface area contributed by atoms with Gasteiger partial charge in [0.1, 0.15) is 6.10 Å². The number of epoxide rings is 1. The number of carbonyl (C=O) groups is 1. The molecule has 4 heteroatoms. The second-order valence-corrected chi connectivity index (χ2v) is 16.2. The third kappa shape index (κ3) is 3.37. The first-order valence-electron chi connectivity index (χ1n) is 15.9. The van der Waals surface area contributed by atoms with E-state index in [2.05, 4.69) is 61.5 Å². The summed E-state index contributed by atoms with van der Waals surface area (Å²) in [6.45, 7) is 21.7. The number of ether oxygens (including phenoxy) is 2. The minimum Gasteiger partial charge on any atom is -0.481 e. The Morgan fingerprint density at radius 3 is 2.39 bits per heavy atom. The van der Waals surface area contributed by atoms with E-state index >= 15 is 0 Å². The highest BCUT2D eigenvalue weighted by molar-refractivity contribution is 5.76. The van der Waals surface area contributed by atoms with Crippen LogP contribution in [0.5, 0.6) is 0 Å². The Hall–Kier alpha value is -0.870. The van der Waals surface area contributed by atoms with Crippen molar-refractivity contribution < 1.29 is 19.4 Å². The van der Waals surface area contributed by atoms with Crippen LogP contribution in [0.3, 0.4) is 0 Å². The summed E-state index contributed by atoms with van der Waals surface area (Å²) < 4.78 is 12.0. The van der Waals surface area contributed by atoms with Crippen molar-refractivity contribution in [3.05, 3.63) is 11.6 Å². The lowest BCUT2D eigenvalue weighted by molar-refractivity contribution is -0.233. The van der Waals surface area contributed by atoms with E-state index in [0.29, 0.717) is 41.8 Å².